The van der Waals surface area contributed by atoms with Crippen LogP contribution in [0.5, 0.6) is 0 Å². The second-order valence-corrected chi connectivity index (χ2v) is 4.26. The van der Waals surface area contributed by atoms with Crippen LogP contribution < -0.4 is 5.32 Å². The molecule has 8 heteroatoms. The van der Waals surface area contributed by atoms with Crippen LogP contribution in [0.25, 0.3) is 0 Å². The first kappa shape index (κ1) is 13.9. The van der Waals surface area contributed by atoms with Gasteiger partial charge in [0, 0.05) is 11.8 Å². The van der Waals surface area contributed by atoms with Gasteiger partial charge in [0.05, 0.1) is 4.92 Å². The van der Waals surface area contributed by atoms with Crippen molar-refractivity contribution in [2.45, 2.75) is 6.92 Å². The van der Waals surface area contributed by atoms with Gasteiger partial charge in [-0.1, -0.05) is 17.7 Å². The van der Waals surface area contributed by atoms with Gasteiger partial charge in [0.15, 0.2) is 0 Å². The van der Waals surface area contributed by atoms with E-state index in [1.54, 1.807) is 19.1 Å². The molecule has 0 spiro atoms. The highest BCUT2D eigenvalue weighted by Gasteiger charge is 2.19. The highest BCUT2D eigenvalue weighted by atomic mass is 35.5. The van der Waals surface area contributed by atoms with E-state index >= 15 is 0 Å². The fraction of sp³-hybridized carbons (Fsp3) is 0.0833. The summed E-state index contributed by atoms with van der Waals surface area (Å²) < 4.78 is 0. The van der Waals surface area contributed by atoms with Gasteiger partial charge in [0.1, 0.15) is 10.8 Å². The van der Waals surface area contributed by atoms with Crippen molar-refractivity contribution in [2.24, 2.45) is 0 Å². The van der Waals surface area contributed by atoms with Crippen molar-refractivity contribution in [1.82, 2.24) is 9.97 Å². The summed E-state index contributed by atoms with van der Waals surface area (Å²) in [6.45, 7) is 1.73. The highest BCUT2D eigenvalue weighted by molar-refractivity contribution is 6.29. The van der Waals surface area contributed by atoms with Crippen LogP contribution in [0.1, 0.15) is 16.2 Å². The second kappa shape index (κ2) is 5.62. The van der Waals surface area contributed by atoms with Gasteiger partial charge in [0.25, 0.3) is 5.91 Å². The van der Waals surface area contributed by atoms with Crippen LogP contribution in [-0.4, -0.2) is 20.8 Å². The molecule has 0 fully saturated rings. The normalized spacial score (nSPS) is 10.1. The standard InChI is InChI=1S/C12H9ClN4O3/c1-7-3-2-4-8(14-7)12(18)16-11-9(17(19)20)5-6-10(13)15-11/h2-6H,1H3,(H,15,16,18). The molecule has 2 aromatic rings. The maximum absolute atomic E-state index is 12.0. The number of carbonyl (C=O) groups is 1. The average Bonchev–Trinajstić information content (AvgIpc) is 2.38. The van der Waals surface area contributed by atoms with Crippen molar-refractivity contribution in [3.8, 4) is 0 Å². The summed E-state index contributed by atoms with van der Waals surface area (Å²) in [7, 11) is 0. The predicted octanol–water partition coefficient (Wildman–Crippen LogP) is 2.60. The molecule has 0 bridgehead atoms. The summed E-state index contributed by atoms with van der Waals surface area (Å²) in [4.78, 5) is 30.0. The Bertz CT molecular complexity index is 690. The molecule has 0 atom stereocenters. The summed E-state index contributed by atoms with van der Waals surface area (Å²) in [5.74, 6) is -0.803. The van der Waals surface area contributed by atoms with Crippen molar-refractivity contribution in [3.63, 3.8) is 0 Å². The molecule has 0 aliphatic carbocycles. The molecule has 1 N–H and O–H groups in total. The Morgan fingerprint density at radius 1 is 1.30 bits per heavy atom. The number of pyridine rings is 2. The number of nitrogens with zero attached hydrogens (tertiary/aromatic N) is 3. The van der Waals surface area contributed by atoms with E-state index in [0.717, 1.165) is 0 Å². The first-order valence-electron chi connectivity index (χ1n) is 5.53. The van der Waals surface area contributed by atoms with E-state index in [1.807, 2.05) is 0 Å². The van der Waals surface area contributed by atoms with Gasteiger partial charge >= 0.3 is 5.69 Å². The van der Waals surface area contributed by atoms with Crippen molar-refractivity contribution >= 4 is 29.0 Å². The third-order valence-corrected chi connectivity index (χ3v) is 2.60. The molecule has 1 amide bonds. The summed E-state index contributed by atoms with van der Waals surface area (Å²) in [5, 5.41) is 13.2. The Kier molecular flexibility index (Phi) is 3.90. The minimum Gasteiger partial charge on any atom is -0.299 e. The van der Waals surface area contributed by atoms with E-state index in [-0.39, 0.29) is 22.4 Å². The molecule has 0 radical (unpaired) electrons. The molecule has 20 heavy (non-hydrogen) atoms. The first-order chi connectivity index (χ1) is 9.47. The van der Waals surface area contributed by atoms with Crippen LogP contribution in [0.3, 0.4) is 0 Å². The molecule has 102 valence electrons. The molecule has 0 unspecified atom stereocenters. The molecule has 2 rings (SSSR count). The van der Waals surface area contributed by atoms with E-state index in [2.05, 4.69) is 15.3 Å². The molecule has 7 nitrogen and oxygen atoms in total. The lowest BCUT2D eigenvalue weighted by molar-refractivity contribution is -0.384. The number of hydrogen-bond donors (Lipinski definition) is 1. The molecule has 0 aromatic carbocycles. The Morgan fingerprint density at radius 2 is 2.05 bits per heavy atom. The van der Waals surface area contributed by atoms with Gasteiger partial charge in [-0.25, -0.2) is 9.97 Å². The lowest BCUT2D eigenvalue weighted by atomic mass is 10.3. The number of amides is 1. The number of hydrogen-bond acceptors (Lipinski definition) is 5. The maximum Gasteiger partial charge on any atom is 0.311 e. The van der Waals surface area contributed by atoms with E-state index < -0.39 is 10.8 Å². The molecular formula is C12H9ClN4O3. The van der Waals surface area contributed by atoms with Crippen LogP contribution in [0.15, 0.2) is 30.3 Å². The maximum atomic E-state index is 12.0. The van der Waals surface area contributed by atoms with E-state index in [9.17, 15) is 14.9 Å². The fourth-order valence-corrected chi connectivity index (χ4v) is 1.66. The van der Waals surface area contributed by atoms with Gasteiger partial charge in [-0.2, -0.15) is 0 Å². The number of aromatic nitrogens is 2. The molecule has 0 aliphatic heterocycles. The zero-order valence-electron chi connectivity index (χ0n) is 10.3. The summed E-state index contributed by atoms with van der Waals surface area (Å²) in [6.07, 6.45) is 0. The quantitative estimate of drug-likeness (QED) is 0.532. The van der Waals surface area contributed by atoms with Crippen LogP contribution >= 0.6 is 11.6 Å². The average molecular weight is 293 g/mol. The van der Waals surface area contributed by atoms with Crippen LogP contribution in [0, 0.1) is 17.0 Å². The fourth-order valence-electron chi connectivity index (χ4n) is 1.51. The molecule has 0 saturated carbocycles. The summed E-state index contributed by atoms with van der Waals surface area (Å²) >= 11 is 5.68. The van der Waals surface area contributed by atoms with Crippen molar-refractivity contribution in [2.75, 3.05) is 5.32 Å². The Hall–Kier alpha value is -2.54. The van der Waals surface area contributed by atoms with Crippen LogP contribution in [0.2, 0.25) is 5.15 Å². The van der Waals surface area contributed by atoms with E-state index in [1.165, 1.54) is 18.2 Å². The second-order valence-electron chi connectivity index (χ2n) is 3.88. The molecule has 2 aromatic heterocycles. The lowest BCUT2D eigenvalue weighted by Crippen LogP contribution is -2.16. The number of halogens is 1. The number of rotatable bonds is 3. The monoisotopic (exact) mass is 292 g/mol. The van der Waals surface area contributed by atoms with Crippen molar-refractivity contribution in [1.29, 1.82) is 0 Å². The SMILES string of the molecule is Cc1cccc(C(=O)Nc2nc(Cl)ccc2[N+](=O)[O-])n1. The number of nitrogens with one attached hydrogen (secondary N) is 1. The summed E-state index contributed by atoms with van der Waals surface area (Å²) in [6, 6.07) is 7.35. The molecule has 2 heterocycles. The minimum atomic E-state index is -0.650. The van der Waals surface area contributed by atoms with Gasteiger partial charge in [-0.05, 0) is 25.1 Å². The number of carbonyl (C=O) groups excluding carboxylic acids is 1. The minimum absolute atomic E-state index is 0.0445. The Labute approximate surface area is 118 Å². The third kappa shape index (κ3) is 3.07. The molecule has 0 saturated heterocycles. The molecular weight excluding hydrogens is 284 g/mol. The first-order valence-corrected chi connectivity index (χ1v) is 5.91. The van der Waals surface area contributed by atoms with E-state index in [4.69, 9.17) is 11.6 Å². The number of nitro groups is 1. The topological polar surface area (TPSA) is 98.0 Å². The highest BCUT2D eigenvalue weighted by Crippen LogP contribution is 2.24. The van der Waals surface area contributed by atoms with Gasteiger partial charge in [-0.3, -0.25) is 20.2 Å². The third-order valence-electron chi connectivity index (χ3n) is 2.39. The number of anilines is 1. The lowest BCUT2D eigenvalue weighted by Gasteiger charge is -2.05. The smallest absolute Gasteiger partial charge is 0.299 e. The van der Waals surface area contributed by atoms with Gasteiger partial charge in [0.2, 0.25) is 5.82 Å². The predicted molar refractivity (Wildman–Crippen MR) is 72.8 cm³/mol. The van der Waals surface area contributed by atoms with Crippen LogP contribution in [-0.2, 0) is 0 Å². The Balaban J connectivity index is 2.32. The zero-order valence-corrected chi connectivity index (χ0v) is 11.1. The van der Waals surface area contributed by atoms with Gasteiger partial charge < -0.3 is 0 Å². The zero-order chi connectivity index (χ0) is 14.7. The van der Waals surface area contributed by atoms with Crippen molar-refractivity contribution < 1.29 is 9.72 Å². The van der Waals surface area contributed by atoms with Gasteiger partial charge in [-0.15, -0.1) is 0 Å². The molecule has 0 aliphatic rings. The number of aryl methyl sites for hydroxylation is 1. The van der Waals surface area contributed by atoms with E-state index in [0.29, 0.717) is 5.69 Å². The van der Waals surface area contributed by atoms with Crippen LogP contribution in [0.4, 0.5) is 11.5 Å². The summed E-state index contributed by atoms with van der Waals surface area (Å²) in [5.41, 5.74) is 0.461. The van der Waals surface area contributed by atoms with Crippen molar-refractivity contribution in [3.05, 3.63) is 57.0 Å². The Morgan fingerprint density at radius 3 is 2.70 bits per heavy atom. The largest absolute Gasteiger partial charge is 0.311 e.